The summed E-state index contributed by atoms with van der Waals surface area (Å²) >= 11 is 0. The Bertz CT molecular complexity index is 908. The molecule has 0 radical (unpaired) electrons. The van der Waals surface area contributed by atoms with Gasteiger partial charge in [0.2, 0.25) is 0 Å². The van der Waals surface area contributed by atoms with Crippen molar-refractivity contribution < 1.29 is 18.7 Å². The van der Waals surface area contributed by atoms with Crippen LogP contribution in [0.2, 0.25) is 0 Å². The molecule has 0 unspecified atom stereocenters. The first kappa shape index (κ1) is 19.9. The van der Waals surface area contributed by atoms with E-state index >= 15 is 0 Å². The topological polar surface area (TPSA) is 42.1 Å². The molecule has 4 fully saturated rings. The van der Waals surface area contributed by atoms with Crippen LogP contribution < -0.4 is 0 Å². The molecule has 1 spiro atoms. The molecule has 4 nitrogen and oxygen atoms in total. The average Bonchev–Trinajstić information content (AvgIpc) is 3.46. The van der Waals surface area contributed by atoms with Gasteiger partial charge < -0.3 is 9.47 Å². The second-order valence-electron chi connectivity index (χ2n) is 10.8. The first-order valence-corrected chi connectivity index (χ1v) is 12.0. The van der Waals surface area contributed by atoms with Gasteiger partial charge in [0.1, 0.15) is 11.9 Å². The molecule has 2 saturated heterocycles. The maximum atomic E-state index is 13.2. The van der Waals surface area contributed by atoms with Crippen molar-refractivity contribution in [2.24, 2.45) is 23.2 Å². The van der Waals surface area contributed by atoms with E-state index in [2.05, 4.69) is 17.9 Å². The van der Waals surface area contributed by atoms with E-state index in [1.54, 1.807) is 0 Å². The quantitative estimate of drug-likeness (QED) is 0.530. The smallest absolute Gasteiger partial charge is 0.310 e. The van der Waals surface area contributed by atoms with Crippen molar-refractivity contribution >= 4 is 11.5 Å². The second kappa shape index (κ2) is 7.14. The molecule has 1 aromatic carbocycles. The van der Waals surface area contributed by atoms with Crippen molar-refractivity contribution in [2.45, 2.75) is 57.2 Å². The predicted molar refractivity (Wildman–Crippen MR) is 116 cm³/mol. The highest BCUT2D eigenvalue weighted by atomic mass is 19.1. The van der Waals surface area contributed by atoms with E-state index in [1.165, 1.54) is 37.0 Å². The molecule has 0 aromatic heterocycles. The van der Waals surface area contributed by atoms with Crippen molar-refractivity contribution in [3.63, 3.8) is 0 Å². The maximum absolute atomic E-state index is 13.2. The number of rotatable bonds is 3. The molecule has 6 atom stereocenters. The summed E-state index contributed by atoms with van der Waals surface area (Å²) in [5.74, 6) is 0.686. The fourth-order valence-electron chi connectivity index (χ4n) is 7.25. The number of nitrogens with zero attached hydrogens (tertiary/aromatic N) is 1. The van der Waals surface area contributed by atoms with E-state index in [1.807, 2.05) is 12.1 Å². The lowest BCUT2D eigenvalue weighted by Gasteiger charge is -2.51. The number of esters is 1. The molecule has 2 saturated carbocycles. The lowest BCUT2D eigenvalue weighted by molar-refractivity contribution is -0.147. The SMILES string of the molecule is C[C@]12CCC[C@]3(CO3)[C@@H]1C[C@@H]1[C@@H](C2)OC(=O)[C@@H]1CN1CC=C(c2ccc(F)cc2)CC1. The summed E-state index contributed by atoms with van der Waals surface area (Å²) < 4.78 is 25.2. The summed E-state index contributed by atoms with van der Waals surface area (Å²) in [5, 5.41) is 0. The number of carbonyl (C=O) groups excluding carboxylic acids is 1. The van der Waals surface area contributed by atoms with Gasteiger partial charge in [0, 0.05) is 25.6 Å². The third-order valence-corrected chi connectivity index (χ3v) is 9.04. The largest absolute Gasteiger partial charge is 0.462 e. The van der Waals surface area contributed by atoms with Crippen LogP contribution in [-0.4, -0.2) is 48.8 Å². The van der Waals surface area contributed by atoms with E-state index in [-0.39, 0.29) is 34.8 Å². The van der Waals surface area contributed by atoms with Gasteiger partial charge in [-0.25, -0.2) is 4.39 Å². The number of epoxide rings is 1. The third kappa shape index (κ3) is 3.36. The molecule has 31 heavy (non-hydrogen) atoms. The van der Waals surface area contributed by atoms with E-state index in [0.717, 1.165) is 51.1 Å². The first-order chi connectivity index (χ1) is 15.0. The monoisotopic (exact) mass is 425 g/mol. The molecule has 0 amide bonds. The van der Waals surface area contributed by atoms with E-state index in [9.17, 15) is 9.18 Å². The molecule has 166 valence electrons. The van der Waals surface area contributed by atoms with Gasteiger partial charge in [0.15, 0.2) is 0 Å². The van der Waals surface area contributed by atoms with Crippen LogP contribution in [0.4, 0.5) is 4.39 Å². The number of halogens is 1. The lowest BCUT2D eigenvalue weighted by atomic mass is 9.53. The summed E-state index contributed by atoms with van der Waals surface area (Å²) in [6.07, 6.45) is 8.98. The number of ether oxygens (including phenoxy) is 2. The highest BCUT2D eigenvalue weighted by Crippen LogP contribution is 2.62. The highest BCUT2D eigenvalue weighted by Gasteiger charge is 2.65. The summed E-state index contributed by atoms with van der Waals surface area (Å²) in [4.78, 5) is 15.3. The van der Waals surface area contributed by atoms with Crippen LogP contribution in [0.1, 0.15) is 51.0 Å². The molecule has 3 heterocycles. The summed E-state index contributed by atoms with van der Waals surface area (Å²) in [6, 6.07) is 6.76. The lowest BCUT2D eigenvalue weighted by Crippen LogP contribution is -2.51. The molecular formula is C26H32FNO3. The summed E-state index contributed by atoms with van der Waals surface area (Å²) in [6.45, 7) is 5.86. The van der Waals surface area contributed by atoms with Crippen LogP contribution in [-0.2, 0) is 14.3 Å². The molecule has 0 bridgehead atoms. The molecular weight excluding hydrogens is 393 g/mol. The zero-order valence-corrected chi connectivity index (χ0v) is 18.3. The van der Waals surface area contributed by atoms with Crippen LogP contribution in [0, 0.1) is 29.0 Å². The first-order valence-electron chi connectivity index (χ1n) is 12.0. The van der Waals surface area contributed by atoms with Gasteiger partial charge in [-0.3, -0.25) is 9.69 Å². The fraction of sp³-hybridized carbons (Fsp3) is 0.654. The normalized spacial score (nSPS) is 42.0. The number of benzene rings is 1. The van der Waals surface area contributed by atoms with Crippen molar-refractivity contribution in [3.8, 4) is 0 Å². The number of hydrogen-bond donors (Lipinski definition) is 0. The Morgan fingerprint density at radius 3 is 2.74 bits per heavy atom. The third-order valence-electron chi connectivity index (χ3n) is 9.04. The van der Waals surface area contributed by atoms with Gasteiger partial charge in [0.25, 0.3) is 0 Å². The Balaban J connectivity index is 1.15. The van der Waals surface area contributed by atoms with Crippen molar-refractivity contribution in [1.82, 2.24) is 4.90 Å². The Kier molecular flexibility index (Phi) is 4.59. The van der Waals surface area contributed by atoms with Crippen LogP contribution in [0.15, 0.2) is 30.3 Å². The van der Waals surface area contributed by atoms with Crippen LogP contribution >= 0.6 is 0 Å². The van der Waals surface area contributed by atoms with Gasteiger partial charge in [0.05, 0.1) is 18.1 Å². The average molecular weight is 426 g/mol. The Morgan fingerprint density at radius 1 is 1.23 bits per heavy atom. The van der Waals surface area contributed by atoms with Gasteiger partial charge >= 0.3 is 5.97 Å². The van der Waals surface area contributed by atoms with Crippen LogP contribution in [0.25, 0.3) is 5.57 Å². The minimum absolute atomic E-state index is 0.0105. The van der Waals surface area contributed by atoms with Gasteiger partial charge in [-0.15, -0.1) is 0 Å². The standard InChI is InChI=1S/C26H32FNO3/c1-25-9-2-10-26(16-30-26)23(25)13-20-21(24(29)31-22(20)14-25)15-28-11-7-18(8-12-28)17-3-5-19(27)6-4-17/h3-7,20-23H,2,8-16H2,1H3/t20-,21+,22+,23+,25+,26-/m0/s1. The fourth-order valence-corrected chi connectivity index (χ4v) is 7.25. The van der Waals surface area contributed by atoms with E-state index < -0.39 is 0 Å². The zero-order valence-electron chi connectivity index (χ0n) is 18.3. The van der Waals surface area contributed by atoms with Crippen LogP contribution in [0.3, 0.4) is 0 Å². The van der Waals surface area contributed by atoms with Gasteiger partial charge in [-0.1, -0.05) is 25.1 Å². The number of hydrogen-bond acceptors (Lipinski definition) is 4. The zero-order chi connectivity index (χ0) is 21.2. The Labute approximate surface area is 183 Å². The van der Waals surface area contributed by atoms with E-state index in [4.69, 9.17) is 9.47 Å². The Hall–Kier alpha value is -1.72. The van der Waals surface area contributed by atoms with Gasteiger partial charge in [-0.2, -0.15) is 0 Å². The minimum atomic E-state index is -0.198. The van der Waals surface area contributed by atoms with Crippen molar-refractivity contribution in [1.29, 1.82) is 0 Å². The van der Waals surface area contributed by atoms with E-state index in [0.29, 0.717) is 11.8 Å². The number of carbonyl (C=O) groups is 1. The molecule has 5 heteroatoms. The molecule has 1 aromatic rings. The molecule has 3 aliphatic heterocycles. The number of fused-ring (bicyclic) bond motifs is 3. The molecule has 5 aliphatic rings. The van der Waals surface area contributed by atoms with Crippen molar-refractivity contribution in [2.75, 3.05) is 26.2 Å². The van der Waals surface area contributed by atoms with Gasteiger partial charge in [-0.05, 0) is 73.1 Å². The molecule has 0 N–H and O–H groups in total. The van der Waals surface area contributed by atoms with Crippen LogP contribution in [0.5, 0.6) is 0 Å². The second-order valence-corrected chi connectivity index (χ2v) is 10.8. The predicted octanol–water partition coefficient (Wildman–Crippen LogP) is 4.44. The maximum Gasteiger partial charge on any atom is 0.310 e. The molecule has 2 aliphatic carbocycles. The highest BCUT2D eigenvalue weighted by molar-refractivity contribution is 5.76. The minimum Gasteiger partial charge on any atom is -0.462 e. The summed E-state index contributed by atoms with van der Waals surface area (Å²) in [5.41, 5.74) is 2.72. The molecule has 6 rings (SSSR count). The summed E-state index contributed by atoms with van der Waals surface area (Å²) in [7, 11) is 0. The van der Waals surface area contributed by atoms with Crippen molar-refractivity contribution in [3.05, 3.63) is 41.7 Å². The Morgan fingerprint density at radius 2 is 2.03 bits per heavy atom.